The quantitative estimate of drug-likeness (QED) is 0.239. The first kappa shape index (κ1) is 14.7. The summed E-state index contributed by atoms with van der Waals surface area (Å²) >= 11 is 0. The number of nitrogens with zero attached hydrogens (tertiary/aromatic N) is 1. The lowest BCUT2D eigenvalue weighted by molar-refractivity contribution is 0.442. The molecule has 172 valence electrons. The molecule has 1 aliphatic carbocycles. The number of benzene rings is 4. The molecule has 0 spiro atoms. The van der Waals surface area contributed by atoms with Gasteiger partial charge in [-0.2, -0.15) is 0 Å². The summed E-state index contributed by atoms with van der Waals surface area (Å²) < 4.78 is 65.4. The summed E-state index contributed by atoms with van der Waals surface area (Å²) in [5.74, 6) is -1.03. The lowest BCUT2D eigenvalue weighted by Crippen LogP contribution is -2.07. The van der Waals surface area contributed by atoms with Crippen molar-refractivity contribution in [3.8, 4) is 11.3 Å². The highest BCUT2D eigenvalue weighted by atomic mass is 16.3. The monoisotopic (exact) mass is 462 g/mol. The van der Waals surface area contributed by atoms with Gasteiger partial charge in [-0.3, -0.25) is 4.98 Å². The van der Waals surface area contributed by atoms with Crippen molar-refractivity contribution in [1.29, 1.82) is 0 Å². The lowest BCUT2D eigenvalue weighted by atomic mass is 9.82. The molecule has 1 saturated carbocycles. The molecule has 0 N–H and O–H groups in total. The predicted molar refractivity (Wildman–Crippen MR) is 147 cm³/mol. The topological polar surface area (TPSA) is 26.0 Å². The summed E-state index contributed by atoms with van der Waals surface area (Å²) in [6.07, 6.45) is 5.29. The van der Waals surface area contributed by atoms with Crippen molar-refractivity contribution in [2.75, 3.05) is 0 Å². The summed E-state index contributed by atoms with van der Waals surface area (Å²) in [4.78, 5) is 4.58. The van der Waals surface area contributed by atoms with E-state index < -0.39 is 19.6 Å². The van der Waals surface area contributed by atoms with Gasteiger partial charge in [0.1, 0.15) is 11.2 Å². The van der Waals surface area contributed by atoms with Gasteiger partial charge in [0.05, 0.1) is 5.69 Å². The Hall–Kier alpha value is -3.65. The zero-order valence-electron chi connectivity index (χ0n) is 26.3. The van der Waals surface area contributed by atoms with Gasteiger partial charge in [0.15, 0.2) is 0 Å². The van der Waals surface area contributed by atoms with Crippen LogP contribution in [0.1, 0.15) is 64.3 Å². The van der Waals surface area contributed by atoms with Crippen LogP contribution in [0.3, 0.4) is 0 Å². The van der Waals surface area contributed by atoms with E-state index in [1.807, 2.05) is 42.5 Å². The van der Waals surface area contributed by atoms with Crippen LogP contribution < -0.4 is 0 Å². The van der Waals surface area contributed by atoms with Gasteiger partial charge in [-0.1, -0.05) is 67.8 Å². The maximum absolute atomic E-state index is 9.30. The molecule has 0 bridgehead atoms. The van der Waals surface area contributed by atoms with Gasteiger partial charge >= 0.3 is 0 Å². The molecule has 0 atom stereocenters. The first-order chi connectivity index (χ1) is 20.0. The number of hydrogen-bond donors (Lipinski definition) is 0. The van der Waals surface area contributed by atoms with Crippen LogP contribution in [0.2, 0.25) is 0 Å². The Balaban J connectivity index is 1.57. The fourth-order valence-electron chi connectivity index (χ4n) is 5.77. The van der Waals surface area contributed by atoms with Crippen molar-refractivity contribution in [3.63, 3.8) is 0 Å². The molecule has 2 heterocycles. The first-order valence-electron chi connectivity index (χ1n) is 15.8. The minimum absolute atomic E-state index is 0.0978. The Morgan fingerprint density at radius 1 is 0.800 bits per heavy atom. The summed E-state index contributed by atoms with van der Waals surface area (Å²) in [6.45, 7) is -4.80. The molecule has 0 aliphatic heterocycles. The smallest absolute Gasteiger partial charge is 0.145 e. The Kier molecular flexibility index (Phi) is 3.33. The highest BCUT2D eigenvalue weighted by Gasteiger charge is 2.21. The Morgan fingerprint density at radius 2 is 1.63 bits per heavy atom. The molecule has 7 rings (SSSR count). The molecule has 2 nitrogen and oxygen atoms in total. The van der Waals surface area contributed by atoms with Gasteiger partial charge < -0.3 is 4.42 Å². The molecule has 0 amide bonds. The van der Waals surface area contributed by atoms with Crippen LogP contribution in [0.25, 0.3) is 54.7 Å². The number of aromatic nitrogens is 1. The zero-order chi connectivity index (χ0) is 29.4. The molecule has 2 aromatic heterocycles. The number of aryl methyl sites for hydroxylation is 2. The molecule has 1 aliphatic rings. The van der Waals surface area contributed by atoms with Crippen molar-refractivity contribution in [2.45, 2.75) is 51.7 Å². The normalized spacial score (nSPS) is 19.6. The fraction of sp³-hybridized carbons (Fsp3) is 0.242. The summed E-state index contributed by atoms with van der Waals surface area (Å²) in [5, 5.41) is 5.14. The third-order valence-electron chi connectivity index (χ3n) is 7.51. The van der Waals surface area contributed by atoms with Crippen LogP contribution in [0.4, 0.5) is 0 Å². The first-order valence-corrected chi connectivity index (χ1v) is 12.3. The average molecular weight is 463 g/mol. The summed E-state index contributed by atoms with van der Waals surface area (Å²) in [7, 11) is 0. The molecule has 0 radical (unpaired) electrons. The van der Waals surface area contributed by atoms with Gasteiger partial charge in [0.25, 0.3) is 0 Å². The minimum atomic E-state index is -2.41. The van der Waals surface area contributed by atoms with Crippen molar-refractivity contribution in [3.05, 3.63) is 89.6 Å². The van der Waals surface area contributed by atoms with Gasteiger partial charge in [-0.05, 0) is 83.5 Å². The third-order valence-corrected chi connectivity index (χ3v) is 7.51. The second-order valence-electron chi connectivity index (χ2n) is 9.57. The molecule has 2 heteroatoms. The van der Waals surface area contributed by atoms with Gasteiger partial charge in [-0.25, -0.2) is 0 Å². The van der Waals surface area contributed by atoms with E-state index in [0.29, 0.717) is 51.6 Å². The van der Waals surface area contributed by atoms with Crippen LogP contribution in [0, 0.1) is 13.7 Å². The Labute approximate surface area is 215 Å². The van der Waals surface area contributed by atoms with E-state index in [0.717, 1.165) is 40.8 Å². The molecular formula is C33H29NO. The van der Waals surface area contributed by atoms with E-state index in [1.165, 1.54) is 6.20 Å². The molecular weight excluding hydrogens is 426 g/mol. The van der Waals surface area contributed by atoms with E-state index in [2.05, 4.69) is 11.1 Å². The molecule has 6 aromatic rings. The summed E-state index contributed by atoms with van der Waals surface area (Å²) in [6, 6.07) is 21.1. The Bertz CT molecular complexity index is 2010. The van der Waals surface area contributed by atoms with Gasteiger partial charge in [0.2, 0.25) is 0 Å². The molecule has 4 aromatic carbocycles. The van der Waals surface area contributed by atoms with E-state index >= 15 is 0 Å². The van der Waals surface area contributed by atoms with E-state index in [1.54, 1.807) is 18.2 Å². The number of fused-ring (bicyclic) bond motifs is 7. The SMILES string of the molecule is [2H]C([2H])([2H])c1cnc(-c2ccc(C([2H])([2H])[2H])c3c2oc2c3ccc3ccc4ccccc4c32)cc1C1([2H])CCCCC1. The number of pyridine rings is 1. The van der Waals surface area contributed by atoms with Crippen molar-refractivity contribution in [1.82, 2.24) is 4.98 Å². The number of rotatable bonds is 2. The molecule has 0 unspecified atom stereocenters. The van der Waals surface area contributed by atoms with Crippen LogP contribution in [-0.2, 0) is 0 Å². The van der Waals surface area contributed by atoms with Crippen LogP contribution in [0.5, 0.6) is 0 Å². The van der Waals surface area contributed by atoms with Crippen molar-refractivity contribution in [2.24, 2.45) is 0 Å². The van der Waals surface area contributed by atoms with Crippen LogP contribution in [0.15, 0.2) is 77.3 Å². The predicted octanol–water partition coefficient (Wildman–Crippen LogP) is 9.62. The van der Waals surface area contributed by atoms with Gasteiger partial charge in [0, 0.05) is 37.5 Å². The van der Waals surface area contributed by atoms with E-state index in [4.69, 9.17) is 12.6 Å². The molecule has 35 heavy (non-hydrogen) atoms. The lowest BCUT2D eigenvalue weighted by Gasteiger charge is -2.24. The standard InChI is InChI=1S/C33H29NO/c1-20-12-16-26(29-18-28(21(2)19-34-29)22-8-4-3-5-9-22)32-30(20)27-17-15-24-14-13-23-10-6-7-11-25(23)31(24)33(27)35-32/h6-7,10-19,22H,3-5,8-9H2,1-2H3/i1D3,2D3,22D. The molecule has 1 fully saturated rings. The maximum Gasteiger partial charge on any atom is 0.145 e. The number of furan rings is 1. The molecule has 0 saturated heterocycles. The minimum Gasteiger partial charge on any atom is -0.455 e. The second kappa shape index (κ2) is 7.95. The second-order valence-corrected chi connectivity index (χ2v) is 9.57. The van der Waals surface area contributed by atoms with E-state index in [9.17, 15) is 1.37 Å². The largest absolute Gasteiger partial charge is 0.455 e. The maximum atomic E-state index is 9.30. The highest BCUT2D eigenvalue weighted by molar-refractivity contribution is 6.24. The Morgan fingerprint density at radius 3 is 2.51 bits per heavy atom. The third kappa shape index (κ3) is 3.20. The zero-order valence-corrected chi connectivity index (χ0v) is 19.3. The van der Waals surface area contributed by atoms with Crippen LogP contribution >= 0.6 is 0 Å². The number of hydrogen-bond acceptors (Lipinski definition) is 2. The summed E-state index contributed by atoms with van der Waals surface area (Å²) in [5.41, 5.74) is 2.77. The van der Waals surface area contributed by atoms with Crippen LogP contribution in [-0.4, -0.2) is 4.98 Å². The van der Waals surface area contributed by atoms with Crippen molar-refractivity contribution >= 4 is 43.5 Å². The fourth-order valence-corrected chi connectivity index (χ4v) is 5.77. The van der Waals surface area contributed by atoms with E-state index in [-0.39, 0.29) is 11.1 Å². The van der Waals surface area contributed by atoms with Crippen molar-refractivity contribution < 1.29 is 14.0 Å². The van der Waals surface area contributed by atoms with Gasteiger partial charge in [-0.15, -0.1) is 0 Å². The average Bonchev–Trinajstić information content (AvgIpc) is 3.35. The highest BCUT2D eigenvalue weighted by Crippen LogP contribution is 2.43.